The number of nitrogens with zero attached hydrogens (tertiary/aromatic N) is 1. The van der Waals surface area contributed by atoms with Crippen LogP contribution in [0.15, 0.2) is 60.3 Å². The lowest BCUT2D eigenvalue weighted by Crippen LogP contribution is -2.35. The molecule has 0 heterocycles. The molecular weight excluding hydrogens is 434 g/mol. The summed E-state index contributed by atoms with van der Waals surface area (Å²) in [7, 11) is 2.24. The SMILES string of the molecule is C=C/C(=C\C)C1CC(CCC)CC(CCC)(CCCC(=C)C(/C=C\C(C)N(C)C(C)CC)=C/CC)C1. The summed E-state index contributed by atoms with van der Waals surface area (Å²) in [5, 5.41) is 0. The lowest BCUT2D eigenvalue weighted by molar-refractivity contribution is 0.0773. The maximum atomic E-state index is 4.56. The predicted molar refractivity (Wildman–Crippen MR) is 165 cm³/mol. The second kappa shape index (κ2) is 17.2. The van der Waals surface area contributed by atoms with Crippen molar-refractivity contribution in [3.05, 3.63) is 60.3 Å². The van der Waals surface area contributed by atoms with Crippen LogP contribution in [0.5, 0.6) is 0 Å². The Labute approximate surface area is 226 Å². The Balaban J connectivity index is 2.93. The molecule has 206 valence electrons. The van der Waals surface area contributed by atoms with Crippen LogP contribution < -0.4 is 0 Å². The van der Waals surface area contributed by atoms with Crippen molar-refractivity contribution in [2.24, 2.45) is 17.3 Å². The zero-order chi connectivity index (χ0) is 27.1. The molecule has 0 aromatic carbocycles. The van der Waals surface area contributed by atoms with Gasteiger partial charge in [0.25, 0.3) is 0 Å². The molecule has 1 saturated carbocycles. The van der Waals surface area contributed by atoms with Gasteiger partial charge in [-0.2, -0.15) is 0 Å². The molecule has 1 heteroatoms. The Hall–Kier alpha value is -1.34. The summed E-state index contributed by atoms with van der Waals surface area (Å²) in [6.45, 7) is 24.8. The lowest BCUT2D eigenvalue weighted by atomic mass is 9.59. The van der Waals surface area contributed by atoms with Gasteiger partial charge in [0, 0.05) is 12.1 Å². The van der Waals surface area contributed by atoms with Crippen LogP contribution in [-0.2, 0) is 0 Å². The van der Waals surface area contributed by atoms with E-state index in [9.17, 15) is 0 Å². The highest BCUT2D eigenvalue weighted by Gasteiger charge is 2.39. The summed E-state index contributed by atoms with van der Waals surface area (Å²) in [4.78, 5) is 2.46. The predicted octanol–water partition coefficient (Wildman–Crippen LogP) is 10.9. The Kier molecular flexibility index (Phi) is 15.6. The molecule has 5 unspecified atom stereocenters. The van der Waals surface area contributed by atoms with Gasteiger partial charge in [0.15, 0.2) is 0 Å². The monoisotopic (exact) mass is 495 g/mol. The van der Waals surface area contributed by atoms with Crippen LogP contribution in [0.3, 0.4) is 0 Å². The Morgan fingerprint density at radius 1 is 1.08 bits per heavy atom. The molecule has 1 aliphatic carbocycles. The first-order valence-corrected chi connectivity index (χ1v) is 15.3. The summed E-state index contributed by atoms with van der Waals surface area (Å²) in [6, 6.07) is 1.03. The number of likely N-dealkylation sites (N-methyl/N-ethyl adjacent to an activating group) is 1. The van der Waals surface area contributed by atoms with Crippen molar-refractivity contribution < 1.29 is 0 Å². The molecule has 0 spiro atoms. The van der Waals surface area contributed by atoms with E-state index in [1.165, 1.54) is 80.9 Å². The van der Waals surface area contributed by atoms with E-state index < -0.39 is 0 Å². The van der Waals surface area contributed by atoms with E-state index in [4.69, 9.17) is 0 Å². The fraction of sp³-hybridized carbons (Fsp3) is 0.714. The summed E-state index contributed by atoms with van der Waals surface area (Å²) >= 11 is 0. The second-order valence-electron chi connectivity index (χ2n) is 11.8. The largest absolute Gasteiger partial charge is 0.298 e. The average Bonchev–Trinajstić information content (AvgIpc) is 2.86. The molecule has 0 aromatic rings. The number of hydrogen-bond acceptors (Lipinski definition) is 1. The fourth-order valence-electron chi connectivity index (χ4n) is 6.69. The second-order valence-corrected chi connectivity index (χ2v) is 11.8. The van der Waals surface area contributed by atoms with Crippen molar-refractivity contribution >= 4 is 0 Å². The normalized spacial score (nSPS) is 25.4. The first kappa shape index (κ1) is 32.7. The van der Waals surface area contributed by atoms with Gasteiger partial charge < -0.3 is 0 Å². The van der Waals surface area contributed by atoms with Gasteiger partial charge in [0.1, 0.15) is 0 Å². The van der Waals surface area contributed by atoms with Gasteiger partial charge in [0.05, 0.1) is 0 Å². The van der Waals surface area contributed by atoms with E-state index in [1.54, 1.807) is 0 Å². The van der Waals surface area contributed by atoms with Crippen LogP contribution in [0.4, 0.5) is 0 Å². The minimum Gasteiger partial charge on any atom is -0.298 e. The van der Waals surface area contributed by atoms with Crippen molar-refractivity contribution in [2.75, 3.05) is 7.05 Å². The topological polar surface area (TPSA) is 3.24 Å². The van der Waals surface area contributed by atoms with Gasteiger partial charge in [-0.1, -0.05) is 90.5 Å². The highest BCUT2D eigenvalue weighted by atomic mass is 15.1. The summed E-state index contributed by atoms with van der Waals surface area (Å²) in [6.07, 6.45) is 26.9. The molecular formula is C35H61N. The molecule has 0 N–H and O–H groups in total. The first-order chi connectivity index (χ1) is 17.2. The Bertz CT molecular complexity index is 738. The molecule has 0 amide bonds. The highest BCUT2D eigenvalue weighted by Crippen LogP contribution is 2.51. The summed E-state index contributed by atoms with van der Waals surface area (Å²) in [5.41, 5.74) is 4.62. The number of rotatable bonds is 17. The molecule has 0 aromatic heterocycles. The van der Waals surface area contributed by atoms with Crippen molar-refractivity contribution in [1.29, 1.82) is 0 Å². The van der Waals surface area contributed by atoms with Crippen LogP contribution in [-0.4, -0.2) is 24.0 Å². The smallest absolute Gasteiger partial charge is 0.0252 e. The van der Waals surface area contributed by atoms with Crippen LogP contribution in [0.2, 0.25) is 0 Å². The van der Waals surface area contributed by atoms with Crippen LogP contribution in [0.25, 0.3) is 0 Å². The quantitative estimate of drug-likeness (QED) is 0.181. The average molecular weight is 496 g/mol. The standard InChI is InChI=1S/C35H61N/c1-11-18-31-25-34(32(15-5)16-6)27-35(26-31,23-13-3)24-17-20-28(7)33(19-12-2)22-21-30(9)36(10)29(8)14-4/h15-16,19,21-22,29-31,34H,5,7,11-14,17-18,20,23-27H2,1-4,6,8-10H3/b22-21-,32-16+,33-19+. The third-order valence-electron chi connectivity index (χ3n) is 9.04. The van der Waals surface area contributed by atoms with Crippen molar-refractivity contribution in [1.82, 2.24) is 4.90 Å². The van der Waals surface area contributed by atoms with Gasteiger partial charge in [-0.05, 0) is 120 Å². The Morgan fingerprint density at radius 3 is 2.36 bits per heavy atom. The fourth-order valence-corrected chi connectivity index (χ4v) is 6.69. The van der Waals surface area contributed by atoms with Crippen LogP contribution in [0.1, 0.15) is 126 Å². The molecule has 1 nitrogen and oxygen atoms in total. The van der Waals surface area contributed by atoms with Crippen LogP contribution >= 0.6 is 0 Å². The summed E-state index contributed by atoms with van der Waals surface area (Å²) in [5.74, 6) is 1.55. The van der Waals surface area contributed by atoms with Crippen molar-refractivity contribution in [3.63, 3.8) is 0 Å². The molecule has 1 fully saturated rings. The molecule has 0 saturated heterocycles. The van der Waals surface area contributed by atoms with Gasteiger partial charge in [-0.3, -0.25) is 4.90 Å². The van der Waals surface area contributed by atoms with E-state index in [1.807, 2.05) is 0 Å². The van der Waals surface area contributed by atoms with Crippen LogP contribution in [0, 0.1) is 17.3 Å². The van der Waals surface area contributed by atoms with Gasteiger partial charge in [0.2, 0.25) is 0 Å². The molecule has 0 aliphatic heterocycles. The maximum absolute atomic E-state index is 4.56. The number of hydrogen-bond donors (Lipinski definition) is 0. The Morgan fingerprint density at radius 2 is 1.81 bits per heavy atom. The minimum atomic E-state index is 0.432. The van der Waals surface area contributed by atoms with Gasteiger partial charge >= 0.3 is 0 Å². The number of allylic oxidation sites excluding steroid dienone is 7. The highest BCUT2D eigenvalue weighted by molar-refractivity contribution is 5.38. The van der Waals surface area contributed by atoms with E-state index in [-0.39, 0.29) is 0 Å². The van der Waals surface area contributed by atoms with E-state index in [0.29, 0.717) is 23.4 Å². The lowest BCUT2D eigenvalue weighted by Gasteiger charge is -2.46. The van der Waals surface area contributed by atoms with Gasteiger partial charge in [-0.25, -0.2) is 0 Å². The van der Waals surface area contributed by atoms with Crippen molar-refractivity contribution in [2.45, 2.75) is 138 Å². The molecule has 1 rings (SSSR count). The molecule has 5 atom stereocenters. The minimum absolute atomic E-state index is 0.432. The first-order valence-electron chi connectivity index (χ1n) is 15.3. The zero-order valence-electron chi connectivity index (χ0n) is 25.5. The van der Waals surface area contributed by atoms with E-state index in [0.717, 1.165) is 18.8 Å². The third-order valence-corrected chi connectivity index (χ3v) is 9.04. The summed E-state index contributed by atoms with van der Waals surface area (Å²) < 4.78 is 0. The van der Waals surface area contributed by atoms with E-state index in [2.05, 4.69) is 104 Å². The van der Waals surface area contributed by atoms with E-state index >= 15 is 0 Å². The van der Waals surface area contributed by atoms with Crippen molar-refractivity contribution in [3.8, 4) is 0 Å². The molecule has 0 radical (unpaired) electrons. The maximum Gasteiger partial charge on any atom is 0.0252 e. The molecule has 0 bridgehead atoms. The molecule has 1 aliphatic rings. The third kappa shape index (κ3) is 10.2. The zero-order valence-corrected chi connectivity index (χ0v) is 25.5. The molecule has 36 heavy (non-hydrogen) atoms. The van der Waals surface area contributed by atoms with Gasteiger partial charge in [-0.15, -0.1) is 0 Å².